The number of benzene rings is 1. The highest BCUT2D eigenvalue weighted by molar-refractivity contribution is 5.97. The highest BCUT2D eigenvalue weighted by Crippen LogP contribution is 2.17. The Hall–Kier alpha value is -2.55. The van der Waals surface area contributed by atoms with Crippen molar-refractivity contribution in [3.05, 3.63) is 41.9 Å². The van der Waals surface area contributed by atoms with Gasteiger partial charge in [0.1, 0.15) is 17.5 Å². The first-order chi connectivity index (χ1) is 11.0. The zero-order chi connectivity index (χ0) is 16.8. The highest BCUT2D eigenvalue weighted by Gasteiger charge is 2.23. The number of anilines is 1. The van der Waals surface area contributed by atoms with Crippen LogP contribution in [-0.2, 0) is 4.79 Å². The van der Waals surface area contributed by atoms with Gasteiger partial charge in [0.15, 0.2) is 0 Å². The summed E-state index contributed by atoms with van der Waals surface area (Å²) in [5, 5.41) is 12.1. The van der Waals surface area contributed by atoms with E-state index in [4.69, 9.17) is 5.26 Å². The number of nitriles is 1. The van der Waals surface area contributed by atoms with Crippen molar-refractivity contribution in [3.8, 4) is 6.07 Å². The highest BCUT2D eigenvalue weighted by atomic mass is 19.1. The third-order valence-corrected chi connectivity index (χ3v) is 3.67. The van der Waals surface area contributed by atoms with Crippen molar-refractivity contribution in [3.63, 3.8) is 0 Å². The van der Waals surface area contributed by atoms with Gasteiger partial charge >= 0.3 is 0 Å². The van der Waals surface area contributed by atoms with Crippen molar-refractivity contribution in [2.75, 3.05) is 31.1 Å². The molecule has 1 heterocycles. The number of piperazine rings is 1. The molecule has 1 fully saturated rings. The Labute approximate surface area is 136 Å². The van der Waals surface area contributed by atoms with Crippen LogP contribution in [0.1, 0.15) is 13.8 Å². The van der Waals surface area contributed by atoms with Gasteiger partial charge in [-0.05, 0) is 38.1 Å². The maximum absolute atomic E-state index is 13.0. The van der Waals surface area contributed by atoms with Crippen molar-refractivity contribution in [1.82, 2.24) is 10.2 Å². The molecule has 2 rings (SSSR count). The van der Waals surface area contributed by atoms with E-state index < -0.39 is 0 Å². The number of rotatable bonds is 4. The third-order valence-electron chi connectivity index (χ3n) is 3.67. The molecule has 5 nitrogen and oxygen atoms in total. The van der Waals surface area contributed by atoms with Gasteiger partial charge in [0, 0.05) is 44.1 Å². The molecular weight excluding hydrogens is 295 g/mol. The van der Waals surface area contributed by atoms with Crippen LogP contribution < -0.4 is 10.2 Å². The fourth-order valence-electron chi connectivity index (χ4n) is 2.38. The summed E-state index contributed by atoms with van der Waals surface area (Å²) in [6.07, 6.45) is 1.49. The fraction of sp³-hybridized carbons (Fsp3) is 0.412. The first-order valence-corrected chi connectivity index (χ1v) is 7.67. The molecular formula is C17H21FN4O. The zero-order valence-corrected chi connectivity index (χ0v) is 13.4. The van der Waals surface area contributed by atoms with Crippen LogP contribution >= 0.6 is 0 Å². The Balaban J connectivity index is 1.95. The number of carbonyl (C=O) groups excluding carboxylic acids is 1. The lowest BCUT2D eigenvalue weighted by Gasteiger charge is -2.36. The normalized spacial score (nSPS) is 15.5. The first-order valence-electron chi connectivity index (χ1n) is 7.67. The topological polar surface area (TPSA) is 59.4 Å². The molecule has 0 radical (unpaired) electrons. The van der Waals surface area contributed by atoms with Crippen LogP contribution in [0.4, 0.5) is 10.1 Å². The molecule has 0 unspecified atom stereocenters. The van der Waals surface area contributed by atoms with Crippen molar-refractivity contribution in [2.24, 2.45) is 0 Å². The average Bonchev–Trinajstić information content (AvgIpc) is 2.56. The van der Waals surface area contributed by atoms with Gasteiger partial charge in [-0.3, -0.25) is 4.79 Å². The fourth-order valence-corrected chi connectivity index (χ4v) is 2.38. The van der Waals surface area contributed by atoms with Gasteiger partial charge < -0.3 is 15.1 Å². The molecule has 0 bridgehead atoms. The maximum atomic E-state index is 13.0. The summed E-state index contributed by atoms with van der Waals surface area (Å²) in [7, 11) is 0. The van der Waals surface area contributed by atoms with Gasteiger partial charge in [-0.25, -0.2) is 4.39 Å². The largest absolute Gasteiger partial charge is 0.387 e. The average molecular weight is 316 g/mol. The predicted molar refractivity (Wildman–Crippen MR) is 87.2 cm³/mol. The molecule has 1 aromatic carbocycles. The minimum Gasteiger partial charge on any atom is -0.387 e. The van der Waals surface area contributed by atoms with Gasteiger partial charge in [-0.1, -0.05) is 0 Å². The molecule has 0 aromatic heterocycles. The number of halogens is 1. The van der Waals surface area contributed by atoms with E-state index in [1.54, 1.807) is 17.0 Å². The molecule has 0 aliphatic carbocycles. The number of carbonyl (C=O) groups is 1. The first kappa shape index (κ1) is 16.8. The van der Waals surface area contributed by atoms with Crippen molar-refractivity contribution < 1.29 is 9.18 Å². The second-order valence-corrected chi connectivity index (χ2v) is 5.75. The van der Waals surface area contributed by atoms with E-state index in [0.717, 1.165) is 5.69 Å². The van der Waals surface area contributed by atoms with E-state index in [9.17, 15) is 9.18 Å². The molecule has 122 valence electrons. The van der Waals surface area contributed by atoms with Crippen LogP contribution in [0.5, 0.6) is 0 Å². The van der Waals surface area contributed by atoms with Crippen molar-refractivity contribution in [2.45, 2.75) is 19.9 Å². The summed E-state index contributed by atoms with van der Waals surface area (Å²) in [5.74, 6) is -0.511. The summed E-state index contributed by atoms with van der Waals surface area (Å²) < 4.78 is 13.0. The Bertz CT molecular complexity index is 610. The molecule has 1 saturated heterocycles. The Kier molecular flexibility index (Phi) is 5.58. The minimum atomic E-state index is -0.260. The lowest BCUT2D eigenvalue weighted by atomic mass is 10.2. The molecule has 0 atom stereocenters. The van der Waals surface area contributed by atoms with Gasteiger partial charge in [0.2, 0.25) is 0 Å². The van der Waals surface area contributed by atoms with E-state index in [2.05, 4.69) is 10.2 Å². The summed E-state index contributed by atoms with van der Waals surface area (Å²) in [5.41, 5.74) is 1.06. The third kappa shape index (κ3) is 4.46. The summed E-state index contributed by atoms with van der Waals surface area (Å²) in [4.78, 5) is 16.1. The Morgan fingerprint density at radius 2 is 1.87 bits per heavy atom. The SMILES string of the molecule is CC(C)N/C=C(/C#N)C(=O)N1CCN(c2ccc(F)cc2)CC1. The maximum Gasteiger partial charge on any atom is 0.266 e. The van der Waals surface area contributed by atoms with Gasteiger partial charge in [0.25, 0.3) is 5.91 Å². The van der Waals surface area contributed by atoms with Crippen LogP contribution in [0.25, 0.3) is 0 Å². The molecule has 1 N–H and O–H groups in total. The molecule has 1 aliphatic heterocycles. The lowest BCUT2D eigenvalue weighted by Crippen LogP contribution is -2.49. The molecule has 0 saturated carbocycles. The standard InChI is InChI=1S/C17H21FN4O/c1-13(2)20-12-14(11-19)17(23)22-9-7-21(8-10-22)16-5-3-15(18)4-6-16/h3-6,12-13,20H,7-10H2,1-2H3/b14-12-. The van der Waals surface area contributed by atoms with Crippen LogP contribution in [0.15, 0.2) is 36.0 Å². The number of nitrogens with one attached hydrogen (secondary N) is 1. The quantitative estimate of drug-likeness (QED) is 0.681. The van der Waals surface area contributed by atoms with Crippen LogP contribution in [0, 0.1) is 17.1 Å². The summed E-state index contributed by atoms with van der Waals surface area (Å²) in [6, 6.07) is 8.46. The predicted octanol–water partition coefficient (Wildman–Crippen LogP) is 1.88. The number of nitrogens with zero attached hydrogens (tertiary/aromatic N) is 3. The van der Waals surface area contributed by atoms with Crippen LogP contribution in [-0.4, -0.2) is 43.0 Å². The van der Waals surface area contributed by atoms with E-state index in [0.29, 0.717) is 26.2 Å². The second kappa shape index (κ2) is 7.63. The van der Waals surface area contributed by atoms with Crippen LogP contribution in [0.3, 0.4) is 0 Å². The lowest BCUT2D eigenvalue weighted by molar-refractivity contribution is -0.127. The minimum absolute atomic E-state index is 0.119. The molecule has 1 aliphatic rings. The number of hydrogen-bond donors (Lipinski definition) is 1. The molecule has 0 spiro atoms. The second-order valence-electron chi connectivity index (χ2n) is 5.75. The van der Waals surface area contributed by atoms with Gasteiger partial charge in [-0.2, -0.15) is 5.26 Å². The smallest absolute Gasteiger partial charge is 0.266 e. The van der Waals surface area contributed by atoms with Gasteiger partial charge in [0.05, 0.1) is 0 Å². The molecule has 23 heavy (non-hydrogen) atoms. The van der Waals surface area contributed by atoms with E-state index in [1.165, 1.54) is 18.3 Å². The monoisotopic (exact) mass is 316 g/mol. The molecule has 1 aromatic rings. The summed E-state index contributed by atoms with van der Waals surface area (Å²) in [6.45, 7) is 6.28. The van der Waals surface area contributed by atoms with E-state index in [1.807, 2.05) is 19.9 Å². The Morgan fingerprint density at radius 3 is 2.39 bits per heavy atom. The van der Waals surface area contributed by atoms with Gasteiger partial charge in [-0.15, -0.1) is 0 Å². The number of hydrogen-bond acceptors (Lipinski definition) is 4. The van der Waals surface area contributed by atoms with Crippen molar-refractivity contribution in [1.29, 1.82) is 5.26 Å². The summed E-state index contributed by atoms with van der Waals surface area (Å²) >= 11 is 0. The van der Waals surface area contributed by atoms with Crippen LogP contribution in [0.2, 0.25) is 0 Å². The zero-order valence-electron chi connectivity index (χ0n) is 13.4. The Morgan fingerprint density at radius 1 is 1.26 bits per heavy atom. The van der Waals surface area contributed by atoms with E-state index >= 15 is 0 Å². The molecule has 6 heteroatoms. The van der Waals surface area contributed by atoms with E-state index in [-0.39, 0.29) is 23.3 Å². The number of amides is 1. The van der Waals surface area contributed by atoms with Crippen molar-refractivity contribution >= 4 is 11.6 Å². The molecule has 1 amide bonds.